The van der Waals surface area contributed by atoms with Crippen molar-refractivity contribution in [1.82, 2.24) is 0 Å². The van der Waals surface area contributed by atoms with E-state index in [1.807, 2.05) is 0 Å². The number of carbonyl (C=O) groups excluding carboxylic acids is 1. The molecule has 4 heteroatoms. The van der Waals surface area contributed by atoms with Gasteiger partial charge in [-0.3, -0.25) is 4.79 Å². The second kappa shape index (κ2) is 3.14. The first-order valence-corrected chi connectivity index (χ1v) is 4.24. The topological polar surface area (TPSA) is 63.6 Å². The number of rotatable bonds is 1. The van der Waals surface area contributed by atoms with Gasteiger partial charge in [-0.1, -0.05) is 0 Å². The predicted molar refractivity (Wildman–Crippen MR) is 47.4 cm³/mol. The Hall–Kier alpha value is -1.84. The van der Waals surface area contributed by atoms with E-state index in [0.717, 1.165) is 5.56 Å². The number of fused-ring (bicyclic) bond motifs is 1. The van der Waals surface area contributed by atoms with Crippen LogP contribution in [0, 0.1) is 0 Å². The molecule has 0 unspecified atom stereocenters. The molecular weight excluding hydrogens is 184 g/mol. The van der Waals surface area contributed by atoms with Gasteiger partial charge in [-0.05, 0) is 30.2 Å². The molecule has 0 bridgehead atoms. The number of aryl methyl sites for hydroxylation is 1. The molecule has 0 aliphatic carbocycles. The molecule has 14 heavy (non-hydrogen) atoms. The highest BCUT2D eigenvalue weighted by Gasteiger charge is 2.18. The third-order valence-electron chi connectivity index (χ3n) is 2.13. The smallest absolute Gasteiger partial charge is 0.335 e. The first kappa shape index (κ1) is 8.74. The minimum atomic E-state index is -0.968. The number of aromatic carboxylic acids is 1. The van der Waals surface area contributed by atoms with Crippen molar-refractivity contribution in [3.05, 3.63) is 29.3 Å². The van der Waals surface area contributed by atoms with Gasteiger partial charge in [0.05, 0.1) is 12.0 Å². The number of hydrogen-bond donors (Lipinski definition) is 1. The van der Waals surface area contributed by atoms with Gasteiger partial charge in [0.2, 0.25) is 0 Å². The molecule has 1 heterocycles. The molecule has 0 saturated heterocycles. The van der Waals surface area contributed by atoms with Crippen molar-refractivity contribution in [3.8, 4) is 5.75 Å². The van der Waals surface area contributed by atoms with E-state index >= 15 is 0 Å². The van der Waals surface area contributed by atoms with Gasteiger partial charge >= 0.3 is 11.9 Å². The van der Waals surface area contributed by atoms with Crippen LogP contribution in [0.15, 0.2) is 18.2 Å². The molecule has 0 fully saturated rings. The van der Waals surface area contributed by atoms with Crippen LogP contribution in [0.4, 0.5) is 0 Å². The summed E-state index contributed by atoms with van der Waals surface area (Å²) >= 11 is 0. The predicted octanol–water partition coefficient (Wildman–Crippen LogP) is 1.24. The minimum Gasteiger partial charge on any atom is -0.478 e. The molecule has 72 valence electrons. The maximum absolute atomic E-state index is 10.9. The van der Waals surface area contributed by atoms with Crippen molar-refractivity contribution < 1.29 is 19.4 Å². The average molecular weight is 192 g/mol. The van der Waals surface area contributed by atoms with Crippen LogP contribution in [0.3, 0.4) is 0 Å². The van der Waals surface area contributed by atoms with Gasteiger partial charge in [-0.25, -0.2) is 4.79 Å². The maximum Gasteiger partial charge on any atom is 0.335 e. The molecule has 0 amide bonds. The third kappa shape index (κ3) is 1.46. The van der Waals surface area contributed by atoms with Crippen LogP contribution in [0.5, 0.6) is 5.75 Å². The van der Waals surface area contributed by atoms with Crippen molar-refractivity contribution in [1.29, 1.82) is 0 Å². The number of ether oxygens (including phenoxy) is 1. The van der Waals surface area contributed by atoms with E-state index in [9.17, 15) is 9.59 Å². The Kier molecular flexibility index (Phi) is 1.96. The molecule has 2 rings (SSSR count). The fourth-order valence-electron chi connectivity index (χ4n) is 1.42. The summed E-state index contributed by atoms with van der Waals surface area (Å²) in [7, 11) is 0. The highest BCUT2D eigenvalue weighted by molar-refractivity contribution is 5.88. The van der Waals surface area contributed by atoms with Gasteiger partial charge in [0.15, 0.2) is 0 Å². The van der Waals surface area contributed by atoms with Crippen LogP contribution >= 0.6 is 0 Å². The lowest BCUT2D eigenvalue weighted by Crippen LogP contribution is -2.16. The summed E-state index contributed by atoms with van der Waals surface area (Å²) in [4.78, 5) is 21.5. The Morgan fingerprint density at radius 3 is 2.86 bits per heavy atom. The average Bonchev–Trinajstić information content (AvgIpc) is 2.16. The first-order valence-electron chi connectivity index (χ1n) is 4.24. The monoisotopic (exact) mass is 192 g/mol. The van der Waals surface area contributed by atoms with Crippen LogP contribution in [0.25, 0.3) is 0 Å². The molecule has 1 aliphatic heterocycles. The molecule has 0 atom stereocenters. The Morgan fingerprint density at radius 1 is 1.36 bits per heavy atom. The Balaban J connectivity index is 2.41. The summed E-state index contributed by atoms with van der Waals surface area (Å²) in [6, 6.07) is 4.50. The van der Waals surface area contributed by atoms with E-state index in [1.165, 1.54) is 12.1 Å². The summed E-state index contributed by atoms with van der Waals surface area (Å²) in [6.07, 6.45) is 0.866. The minimum absolute atomic E-state index is 0.224. The number of benzene rings is 1. The Morgan fingerprint density at radius 2 is 2.14 bits per heavy atom. The zero-order chi connectivity index (χ0) is 10.1. The van der Waals surface area contributed by atoms with Gasteiger partial charge in [0, 0.05) is 0 Å². The highest BCUT2D eigenvalue weighted by Crippen LogP contribution is 2.25. The summed E-state index contributed by atoms with van der Waals surface area (Å²) in [5.41, 5.74) is 1.01. The second-order valence-electron chi connectivity index (χ2n) is 3.10. The van der Waals surface area contributed by atoms with Crippen molar-refractivity contribution in [2.45, 2.75) is 12.8 Å². The van der Waals surface area contributed by atoms with Gasteiger partial charge in [-0.2, -0.15) is 0 Å². The lowest BCUT2D eigenvalue weighted by molar-refractivity contribution is -0.135. The molecule has 4 nitrogen and oxygen atoms in total. The number of hydrogen-bond acceptors (Lipinski definition) is 3. The number of esters is 1. The van der Waals surface area contributed by atoms with Gasteiger partial charge in [0.1, 0.15) is 5.75 Å². The van der Waals surface area contributed by atoms with E-state index in [0.29, 0.717) is 18.6 Å². The molecule has 0 aromatic heterocycles. The lowest BCUT2D eigenvalue weighted by atomic mass is 10.0. The van der Waals surface area contributed by atoms with Crippen LogP contribution in [-0.2, 0) is 11.2 Å². The van der Waals surface area contributed by atoms with Crippen LogP contribution in [0.2, 0.25) is 0 Å². The van der Waals surface area contributed by atoms with Crippen molar-refractivity contribution >= 4 is 11.9 Å². The van der Waals surface area contributed by atoms with E-state index in [1.54, 1.807) is 6.07 Å². The summed E-state index contributed by atoms with van der Waals surface area (Å²) in [6.45, 7) is 0. The number of carboxylic acid groups (broad SMARTS) is 1. The number of carboxylic acids is 1. The van der Waals surface area contributed by atoms with Crippen molar-refractivity contribution in [3.63, 3.8) is 0 Å². The molecule has 0 radical (unpaired) electrons. The largest absolute Gasteiger partial charge is 0.478 e. The van der Waals surface area contributed by atoms with Gasteiger partial charge < -0.3 is 9.84 Å². The van der Waals surface area contributed by atoms with E-state index in [4.69, 9.17) is 9.84 Å². The standard InChI is InChI=1S/C10H8O4/c11-9-4-2-6-5-7(10(12)13)1-3-8(6)14-9/h1,3,5H,2,4H2,(H,12,13). The summed E-state index contributed by atoms with van der Waals surface area (Å²) in [5, 5.41) is 8.73. The van der Waals surface area contributed by atoms with Crippen LogP contribution in [0.1, 0.15) is 22.3 Å². The second-order valence-corrected chi connectivity index (χ2v) is 3.10. The fourth-order valence-corrected chi connectivity index (χ4v) is 1.42. The van der Waals surface area contributed by atoms with E-state index < -0.39 is 5.97 Å². The molecule has 1 N–H and O–H groups in total. The quantitative estimate of drug-likeness (QED) is 0.537. The zero-order valence-electron chi connectivity index (χ0n) is 7.32. The van der Waals surface area contributed by atoms with Crippen molar-refractivity contribution in [2.24, 2.45) is 0 Å². The van der Waals surface area contributed by atoms with Crippen LogP contribution in [-0.4, -0.2) is 17.0 Å². The highest BCUT2D eigenvalue weighted by atomic mass is 16.5. The Bertz CT molecular complexity index is 409. The van der Waals surface area contributed by atoms with Crippen molar-refractivity contribution in [2.75, 3.05) is 0 Å². The molecule has 1 aromatic carbocycles. The summed E-state index contributed by atoms with van der Waals surface area (Å²) < 4.78 is 4.93. The molecule has 0 spiro atoms. The number of carbonyl (C=O) groups is 2. The third-order valence-corrected chi connectivity index (χ3v) is 2.13. The lowest BCUT2D eigenvalue weighted by Gasteiger charge is -2.15. The SMILES string of the molecule is O=C1CCc2cc(C(=O)O)ccc2O1. The van der Waals surface area contributed by atoms with Gasteiger partial charge in [-0.15, -0.1) is 0 Å². The molecule has 1 aliphatic rings. The fraction of sp³-hybridized carbons (Fsp3) is 0.200. The van der Waals surface area contributed by atoms with E-state index in [2.05, 4.69) is 0 Å². The molecule has 0 saturated carbocycles. The first-order chi connectivity index (χ1) is 6.66. The molecular formula is C10H8O4. The molecule has 1 aromatic rings. The van der Waals surface area contributed by atoms with Gasteiger partial charge in [0.25, 0.3) is 0 Å². The van der Waals surface area contributed by atoms with E-state index in [-0.39, 0.29) is 11.5 Å². The summed E-state index contributed by atoms with van der Waals surface area (Å²) in [5.74, 6) is -0.753. The Labute approximate surface area is 80.1 Å². The zero-order valence-corrected chi connectivity index (χ0v) is 7.32. The van der Waals surface area contributed by atoms with Crippen LogP contribution < -0.4 is 4.74 Å². The normalized spacial score (nSPS) is 14.4. The maximum atomic E-state index is 10.9.